The average Bonchev–Trinajstić information content (AvgIpc) is 4.11. The van der Waals surface area contributed by atoms with Gasteiger partial charge in [0.2, 0.25) is 11.9 Å². The fourth-order valence-corrected chi connectivity index (χ4v) is 13.9. The molecule has 2 spiro atoms. The molecule has 17 nitrogen and oxygen atoms in total. The van der Waals surface area contributed by atoms with Crippen molar-refractivity contribution in [2.24, 2.45) is 10.8 Å². The van der Waals surface area contributed by atoms with Crippen LogP contribution >= 0.6 is 10.7 Å². The second-order valence-corrected chi connectivity index (χ2v) is 31.1. The van der Waals surface area contributed by atoms with Crippen LogP contribution in [-0.4, -0.2) is 118 Å². The monoisotopic (exact) mass is 996 g/mol. The summed E-state index contributed by atoms with van der Waals surface area (Å²) in [4.78, 5) is 8.51. The van der Waals surface area contributed by atoms with Gasteiger partial charge in [-0.15, -0.1) is 10.2 Å². The lowest BCUT2D eigenvalue weighted by Crippen LogP contribution is -2.58. The van der Waals surface area contributed by atoms with E-state index in [1.165, 1.54) is 85.8 Å². The number of fused-ring (bicyclic) bond motifs is 4. The molecule has 21 heteroatoms. The summed E-state index contributed by atoms with van der Waals surface area (Å²) in [5.41, 5.74) is 13.7. The Labute approximate surface area is 399 Å². The fraction of sp³-hybridized carbons (Fsp3) is 0.652. The highest BCUT2D eigenvalue weighted by Crippen LogP contribution is 2.43. The quantitative estimate of drug-likeness (QED) is 0.0712. The highest BCUT2D eigenvalue weighted by Gasteiger charge is 2.51. The summed E-state index contributed by atoms with van der Waals surface area (Å²) < 4.78 is 69.0. The van der Waals surface area contributed by atoms with Gasteiger partial charge in [0.1, 0.15) is 6.73 Å². The van der Waals surface area contributed by atoms with Crippen molar-refractivity contribution in [3.05, 3.63) is 56.6 Å². The van der Waals surface area contributed by atoms with Gasteiger partial charge in [0.05, 0.1) is 13.2 Å². The van der Waals surface area contributed by atoms with E-state index in [0.29, 0.717) is 43.6 Å². The third-order valence-electron chi connectivity index (χ3n) is 14.9. The smallest absolute Gasteiger partial charge is 0.298 e. The van der Waals surface area contributed by atoms with Gasteiger partial charge in [-0.25, -0.2) is 26.6 Å². The molecule has 0 saturated carbocycles. The Morgan fingerprint density at radius 1 is 0.761 bits per heavy atom. The van der Waals surface area contributed by atoms with Gasteiger partial charge in [0.25, 0.3) is 29.4 Å². The number of halogens is 1. The molecule has 8 aliphatic rings. The first-order valence-corrected chi connectivity index (χ1v) is 31.7. The molecular formula is C46H65ClN10O7S2Si. The molecule has 0 amide bonds. The van der Waals surface area contributed by atoms with E-state index in [4.69, 9.17) is 24.9 Å². The molecule has 364 valence electrons. The van der Waals surface area contributed by atoms with E-state index >= 15 is 0 Å². The largest absolute Gasteiger partial charge is 0.381 e. The van der Waals surface area contributed by atoms with Gasteiger partial charge in [-0.3, -0.25) is 0 Å². The van der Waals surface area contributed by atoms with Crippen LogP contribution in [0.5, 0.6) is 0 Å². The summed E-state index contributed by atoms with van der Waals surface area (Å²) in [5, 5.41) is 20.5. The number of hydrogen-bond acceptors (Lipinski definition) is 14. The third-order valence-corrected chi connectivity index (χ3v) is 19.3. The molecule has 4 aliphatic carbocycles. The Hall–Kier alpha value is -3.47. The predicted octanol–water partition coefficient (Wildman–Crippen LogP) is 6.17. The molecule has 2 aromatic heterocycles. The zero-order chi connectivity index (χ0) is 46.6. The van der Waals surface area contributed by atoms with E-state index < -0.39 is 32.3 Å². The summed E-state index contributed by atoms with van der Waals surface area (Å²) >= 11 is 0. The van der Waals surface area contributed by atoms with Crippen LogP contribution in [0.1, 0.15) is 83.0 Å². The zero-order valence-electron chi connectivity index (χ0n) is 39.1. The maximum Gasteiger partial charge on any atom is 0.298 e. The van der Waals surface area contributed by atoms with Crippen LogP contribution in [0.4, 0.5) is 23.3 Å². The minimum Gasteiger partial charge on any atom is -0.381 e. The number of nitrogens with one attached hydrogen (secondary N) is 4. The maximum atomic E-state index is 12.9. The fourth-order valence-electron chi connectivity index (χ4n) is 11.0. The van der Waals surface area contributed by atoms with E-state index in [0.717, 1.165) is 108 Å². The Morgan fingerprint density at radius 2 is 1.30 bits per heavy atom. The SMILES string of the molecule is C1CC2(CNC2)CO1.C[Si](C)(C)CCOCn1nc(S(=O)(=O)Cl)nc1Nc1c2c(cc3c1CCC3)CCC2.O=S(=O)(c1nc(Nc2c3c(cc4c2CCC4)CCC3)n[nH]1)N1CC2(CCOC2)C1. The van der Waals surface area contributed by atoms with E-state index in [1.807, 2.05) is 0 Å². The minimum atomic E-state index is -4.03. The van der Waals surface area contributed by atoms with E-state index in [2.05, 4.69) is 73.0 Å². The van der Waals surface area contributed by atoms with E-state index in [-0.39, 0.29) is 17.3 Å². The van der Waals surface area contributed by atoms with Crippen molar-refractivity contribution in [3.63, 3.8) is 0 Å². The summed E-state index contributed by atoms with van der Waals surface area (Å²) in [6.07, 6.45) is 15.4. The first-order chi connectivity index (χ1) is 32.1. The average molecular weight is 998 g/mol. The molecule has 0 bridgehead atoms. The van der Waals surface area contributed by atoms with Crippen LogP contribution in [0.3, 0.4) is 0 Å². The van der Waals surface area contributed by atoms with Crippen molar-refractivity contribution in [1.29, 1.82) is 0 Å². The number of aryl methyl sites for hydroxylation is 4. The number of nitrogens with zero attached hydrogens (tertiary/aromatic N) is 6. The molecule has 12 rings (SSSR count). The molecule has 6 heterocycles. The molecule has 4 fully saturated rings. The number of benzene rings is 2. The Kier molecular flexibility index (Phi) is 13.2. The number of anilines is 4. The summed E-state index contributed by atoms with van der Waals surface area (Å²) in [7, 11) is -3.38. The molecule has 4 saturated heterocycles. The second-order valence-electron chi connectivity index (χ2n) is 21.2. The second kappa shape index (κ2) is 18.7. The number of rotatable bonds is 12. The third kappa shape index (κ3) is 9.98. The number of aromatic amines is 1. The van der Waals surface area contributed by atoms with Crippen molar-refractivity contribution < 1.29 is 31.0 Å². The van der Waals surface area contributed by atoms with Crippen LogP contribution in [0.2, 0.25) is 25.7 Å². The lowest BCUT2D eigenvalue weighted by Gasteiger charge is -2.45. The number of sulfonamides is 1. The number of hydrogen-bond donors (Lipinski definition) is 4. The van der Waals surface area contributed by atoms with Gasteiger partial charge >= 0.3 is 0 Å². The first kappa shape index (κ1) is 47.2. The molecular weight excluding hydrogens is 932 g/mol. The molecule has 0 radical (unpaired) electrons. The number of ether oxygens (including phenoxy) is 3. The molecule has 67 heavy (non-hydrogen) atoms. The molecule has 0 unspecified atom stereocenters. The highest BCUT2D eigenvalue weighted by atomic mass is 35.7. The van der Waals surface area contributed by atoms with Gasteiger partial charge in [-0.2, -0.15) is 14.3 Å². The van der Waals surface area contributed by atoms with Crippen LogP contribution in [0.25, 0.3) is 0 Å². The van der Waals surface area contributed by atoms with Gasteiger partial charge in [-0.1, -0.05) is 31.8 Å². The Morgan fingerprint density at radius 3 is 1.76 bits per heavy atom. The maximum absolute atomic E-state index is 12.9. The zero-order valence-corrected chi connectivity index (χ0v) is 42.5. The van der Waals surface area contributed by atoms with Gasteiger partial charge in [0.15, 0.2) is 0 Å². The lowest BCUT2D eigenvalue weighted by atomic mass is 9.81. The molecule has 0 atom stereocenters. The molecule has 2 aromatic carbocycles. The summed E-state index contributed by atoms with van der Waals surface area (Å²) in [5.74, 6) is 0.689. The highest BCUT2D eigenvalue weighted by molar-refractivity contribution is 8.13. The minimum absolute atomic E-state index is 0.000676. The Balaban J connectivity index is 0.000000134. The van der Waals surface area contributed by atoms with Gasteiger partial charge in [0, 0.05) is 87.0 Å². The van der Waals surface area contributed by atoms with Crippen LogP contribution < -0.4 is 16.0 Å². The van der Waals surface area contributed by atoms with Crippen molar-refractivity contribution in [3.8, 4) is 0 Å². The molecule has 4 N–H and O–H groups in total. The predicted molar refractivity (Wildman–Crippen MR) is 258 cm³/mol. The number of H-pyrrole nitrogens is 1. The van der Waals surface area contributed by atoms with Crippen LogP contribution in [0.15, 0.2) is 22.4 Å². The van der Waals surface area contributed by atoms with E-state index in [9.17, 15) is 16.8 Å². The van der Waals surface area contributed by atoms with Crippen molar-refractivity contribution in [2.75, 3.05) is 69.8 Å². The van der Waals surface area contributed by atoms with Crippen LogP contribution in [0, 0.1) is 10.8 Å². The van der Waals surface area contributed by atoms with Crippen molar-refractivity contribution in [1.82, 2.24) is 39.6 Å². The van der Waals surface area contributed by atoms with Crippen molar-refractivity contribution in [2.45, 2.75) is 133 Å². The molecule has 4 aliphatic heterocycles. The molecule has 4 aromatic rings. The standard InChI is InChI=1S/C20H29ClN4O3SSi.C20H25N5O3S.C6H11NO/c1-30(2,3)11-10-28-13-25-19(23-20(24-25)29(21,26)27)22-18-16-8-4-6-14(16)12-15-7-5-9-17(15)18;26-29(27,25-10-20(11-25)7-8-28-12-20)19-22-18(23-24-19)21-17-15-5-1-3-13(15)9-14-4-2-6-16(14)17;1-2-8-5-6(1)3-7-4-6/h12H,4-11,13H2,1-3H3,(H,22,23,24);9H,1-8,10-12H2,(H2,21,22,23,24);7H,1-5H2. The Bertz CT molecular complexity index is 2650. The normalized spacial score (nSPS) is 20.9. The summed E-state index contributed by atoms with van der Waals surface area (Å²) in [6, 6.07) is 5.75. The summed E-state index contributed by atoms with van der Waals surface area (Å²) in [6.45, 7) is 14.3. The lowest BCUT2D eigenvalue weighted by molar-refractivity contribution is 0.0509. The van der Waals surface area contributed by atoms with E-state index in [1.54, 1.807) is 0 Å². The van der Waals surface area contributed by atoms with Gasteiger partial charge < -0.3 is 30.2 Å². The number of aromatic nitrogens is 6. The van der Waals surface area contributed by atoms with Crippen molar-refractivity contribution >= 4 is 61.1 Å². The van der Waals surface area contributed by atoms with Gasteiger partial charge in [-0.05, 0) is 140 Å². The first-order valence-electron chi connectivity index (χ1n) is 24.2. The topological polar surface area (TPSA) is 208 Å². The van der Waals surface area contributed by atoms with Crippen LogP contribution in [-0.2, 0) is 91.4 Å².